The molecule has 2 unspecified atom stereocenters. The molecule has 2 aliphatic heterocycles. The SMILES string of the molecule is C=N/C(C)=C1/NC(c2cncc(F)c2)N(Cc2ccc(CCNC3CCNC3)cc2F)/C1=N/COC. The first-order valence-corrected chi connectivity index (χ1v) is 12.1. The van der Waals surface area contributed by atoms with Gasteiger partial charge in [-0.3, -0.25) is 9.98 Å². The van der Waals surface area contributed by atoms with Crippen LogP contribution in [0.2, 0.25) is 0 Å². The first kappa shape index (κ1) is 25.9. The van der Waals surface area contributed by atoms with Crippen molar-refractivity contribution >= 4 is 12.6 Å². The molecule has 10 heteroatoms. The van der Waals surface area contributed by atoms with Gasteiger partial charge in [0.15, 0.2) is 5.84 Å². The van der Waals surface area contributed by atoms with E-state index in [9.17, 15) is 4.39 Å². The number of hydrogen-bond acceptors (Lipinski definition) is 7. The van der Waals surface area contributed by atoms with E-state index >= 15 is 4.39 Å². The Bertz CT molecular complexity index is 1130. The Hall–Kier alpha value is -3.21. The third kappa shape index (κ3) is 6.13. The van der Waals surface area contributed by atoms with Gasteiger partial charge in [-0.15, -0.1) is 0 Å². The summed E-state index contributed by atoms with van der Waals surface area (Å²) in [4.78, 5) is 14.5. The van der Waals surface area contributed by atoms with Crippen LogP contribution in [0, 0.1) is 11.6 Å². The number of aliphatic imine (C=N–C) groups is 2. The van der Waals surface area contributed by atoms with Crippen LogP contribution in [0.15, 0.2) is 58.0 Å². The number of aromatic nitrogens is 1. The average molecular weight is 498 g/mol. The van der Waals surface area contributed by atoms with E-state index in [4.69, 9.17) is 4.74 Å². The molecule has 36 heavy (non-hydrogen) atoms. The Morgan fingerprint density at radius 1 is 1.31 bits per heavy atom. The van der Waals surface area contributed by atoms with Crippen LogP contribution in [0.4, 0.5) is 8.78 Å². The Balaban J connectivity index is 1.58. The lowest BCUT2D eigenvalue weighted by Gasteiger charge is -2.26. The molecule has 2 fully saturated rings. The largest absolute Gasteiger partial charge is 0.362 e. The number of ether oxygens (including phenoxy) is 1. The number of rotatable bonds is 10. The molecule has 0 saturated carbocycles. The molecule has 0 radical (unpaired) electrons. The molecule has 1 aromatic heterocycles. The zero-order chi connectivity index (χ0) is 25.5. The molecule has 4 rings (SSSR count). The summed E-state index contributed by atoms with van der Waals surface area (Å²) < 4.78 is 34.5. The van der Waals surface area contributed by atoms with Crippen LogP contribution in [-0.2, 0) is 17.7 Å². The summed E-state index contributed by atoms with van der Waals surface area (Å²) in [5, 5.41) is 10.2. The maximum Gasteiger partial charge on any atom is 0.153 e. The van der Waals surface area contributed by atoms with Gasteiger partial charge in [-0.05, 0) is 57.3 Å². The van der Waals surface area contributed by atoms with Gasteiger partial charge in [0.1, 0.15) is 30.2 Å². The molecule has 2 atom stereocenters. The molecule has 3 N–H and O–H groups in total. The van der Waals surface area contributed by atoms with Crippen LogP contribution in [0.5, 0.6) is 0 Å². The highest BCUT2D eigenvalue weighted by atomic mass is 19.1. The Labute approximate surface area is 210 Å². The number of methoxy groups -OCH3 is 1. The normalized spacial score (nSPS) is 22.2. The second kappa shape index (κ2) is 12.2. The van der Waals surface area contributed by atoms with E-state index in [2.05, 4.69) is 37.6 Å². The molecule has 8 nitrogen and oxygen atoms in total. The summed E-state index contributed by atoms with van der Waals surface area (Å²) in [6, 6.07) is 7.22. The maximum atomic E-state index is 15.3. The number of allylic oxidation sites excluding steroid dienone is 1. The van der Waals surface area contributed by atoms with Gasteiger partial charge < -0.3 is 25.6 Å². The number of pyridine rings is 1. The summed E-state index contributed by atoms with van der Waals surface area (Å²) in [6.45, 7) is 8.52. The molecule has 192 valence electrons. The number of nitrogens with zero attached hydrogens (tertiary/aromatic N) is 4. The second-order valence-electron chi connectivity index (χ2n) is 8.95. The van der Waals surface area contributed by atoms with Crippen LogP contribution >= 0.6 is 0 Å². The fraction of sp³-hybridized carbons (Fsp3) is 0.423. The molecular weight excluding hydrogens is 464 g/mol. The first-order chi connectivity index (χ1) is 17.5. The summed E-state index contributed by atoms with van der Waals surface area (Å²) in [5.74, 6) is -0.222. The minimum atomic E-state index is -0.529. The summed E-state index contributed by atoms with van der Waals surface area (Å²) in [7, 11) is 1.54. The highest BCUT2D eigenvalue weighted by Gasteiger charge is 2.36. The fourth-order valence-corrected chi connectivity index (χ4v) is 4.50. The third-order valence-electron chi connectivity index (χ3n) is 6.44. The molecule has 0 aliphatic carbocycles. The van der Waals surface area contributed by atoms with Crippen LogP contribution in [-0.4, -0.2) is 62.0 Å². The lowest BCUT2D eigenvalue weighted by Crippen LogP contribution is -2.32. The Kier molecular flexibility index (Phi) is 8.74. The number of hydrogen-bond donors (Lipinski definition) is 3. The fourth-order valence-electron chi connectivity index (χ4n) is 4.50. The van der Waals surface area contributed by atoms with E-state index in [1.54, 1.807) is 32.4 Å². The van der Waals surface area contributed by atoms with E-state index in [1.807, 2.05) is 11.0 Å². The molecule has 0 bridgehead atoms. The average Bonchev–Trinajstić information content (AvgIpc) is 3.52. The van der Waals surface area contributed by atoms with E-state index in [1.165, 1.54) is 6.07 Å². The summed E-state index contributed by atoms with van der Waals surface area (Å²) in [5.41, 5.74) is 3.25. The highest BCUT2D eigenvalue weighted by molar-refractivity contribution is 6.00. The molecule has 2 saturated heterocycles. The molecule has 0 spiro atoms. The molecule has 3 heterocycles. The topological polar surface area (TPSA) is 86.2 Å². The summed E-state index contributed by atoms with van der Waals surface area (Å²) >= 11 is 0. The van der Waals surface area contributed by atoms with Gasteiger partial charge in [-0.2, -0.15) is 0 Å². The Morgan fingerprint density at radius 2 is 2.17 bits per heavy atom. The standard InChI is InChI=1S/C26H33F2N7O/c1-17(29-2)24-26(33-16-36-3)35(25(34-24)20-11-21(27)13-31-12-20)15-19-5-4-18(10-23(19)28)6-9-32-22-7-8-30-14-22/h4-5,10-13,22,25,30,32,34H,2,6-9,14-16H2,1,3H3/b24-17+,33-26+. The number of benzene rings is 1. The first-order valence-electron chi connectivity index (χ1n) is 12.1. The van der Waals surface area contributed by atoms with E-state index in [-0.39, 0.29) is 19.1 Å². The van der Waals surface area contributed by atoms with Crippen molar-refractivity contribution in [3.05, 3.63) is 76.4 Å². The van der Waals surface area contributed by atoms with E-state index < -0.39 is 12.0 Å². The molecule has 0 amide bonds. The van der Waals surface area contributed by atoms with Crippen LogP contribution < -0.4 is 16.0 Å². The monoisotopic (exact) mass is 497 g/mol. The predicted octanol–water partition coefficient (Wildman–Crippen LogP) is 2.89. The van der Waals surface area contributed by atoms with Crippen molar-refractivity contribution in [3.63, 3.8) is 0 Å². The second-order valence-corrected chi connectivity index (χ2v) is 8.95. The van der Waals surface area contributed by atoms with Gasteiger partial charge in [-0.25, -0.2) is 13.8 Å². The molecule has 1 aromatic carbocycles. The molecule has 2 aromatic rings. The Morgan fingerprint density at radius 3 is 2.86 bits per heavy atom. The van der Waals surface area contributed by atoms with Crippen molar-refractivity contribution in [3.8, 4) is 0 Å². The molecular formula is C26H33F2N7O. The van der Waals surface area contributed by atoms with Gasteiger partial charge in [-0.1, -0.05) is 12.1 Å². The maximum absolute atomic E-state index is 15.3. The number of nitrogens with one attached hydrogen (secondary N) is 3. The van der Waals surface area contributed by atoms with Gasteiger partial charge in [0, 0.05) is 43.6 Å². The van der Waals surface area contributed by atoms with Gasteiger partial charge in [0.25, 0.3) is 0 Å². The van der Waals surface area contributed by atoms with Crippen LogP contribution in [0.25, 0.3) is 0 Å². The zero-order valence-corrected chi connectivity index (χ0v) is 20.7. The summed E-state index contributed by atoms with van der Waals surface area (Å²) in [6.07, 6.45) is 4.05. The van der Waals surface area contributed by atoms with E-state index in [0.29, 0.717) is 34.4 Å². The number of halogens is 2. The highest BCUT2D eigenvalue weighted by Crippen LogP contribution is 2.32. The van der Waals surface area contributed by atoms with Crippen molar-refractivity contribution in [2.24, 2.45) is 9.98 Å². The lowest BCUT2D eigenvalue weighted by molar-refractivity contribution is 0.206. The van der Waals surface area contributed by atoms with Crippen molar-refractivity contribution in [1.82, 2.24) is 25.8 Å². The molecule has 2 aliphatic rings. The minimum absolute atomic E-state index is 0.0977. The number of amidine groups is 1. The lowest BCUT2D eigenvalue weighted by atomic mass is 10.1. The van der Waals surface area contributed by atoms with Crippen LogP contribution in [0.1, 0.15) is 36.2 Å². The smallest absolute Gasteiger partial charge is 0.153 e. The quantitative estimate of drug-likeness (QED) is 0.438. The van der Waals surface area contributed by atoms with Crippen LogP contribution in [0.3, 0.4) is 0 Å². The van der Waals surface area contributed by atoms with Crippen molar-refractivity contribution < 1.29 is 13.5 Å². The zero-order valence-electron chi connectivity index (χ0n) is 20.7. The van der Waals surface area contributed by atoms with E-state index in [0.717, 1.165) is 44.2 Å². The predicted molar refractivity (Wildman–Crippen MR) is 137 cm³/mol. The van der Waals surface area contributed by atoms with Gasteiger partial charge in [0.05, 0.1) is 11.9 Å². The van der Waals surface area contributed by atoms with Gasteiger partial charge >= 0.3 is 0 Å². The van der Waals surface area contributed by atoms with Crippen molar-refractivity contribution in [1.29, 1.82) is 0 Å². The third-order valence-corrected chi connectivity index (χ3v) is 6.44. The van der Waals surface area contributed by atoms with Gasteiger partial charge in [0.2, 0.25) is 0 Å². The minimum Gasteiger partial charge on any atom is -0.362 e. The van der Waals surface area contributed by atoms with Crippen molar-refractivity contribution in [2.75, 3.05) is 33.5 Å². The van der Waals surface area contributed by atoms with Crippen molar-refractivity contribution in [2.45, 2.75) is 38.5 Å².